The van der Waals surface area contributed by atoms with Crippen molar-refractivity contribution in [1.82, 2.24) is 0 Å². The van der Waals surface area contributed by atoms with Crippen LogP contribution in [0.25, 0.3) is 21.9 Å². The lowest BCUT2D eigenvalue weighted by Gasteiger charge is -2.43. The molecule has 1 spiro atoms. The number of hydrogen-bond donors (Lipinski definition) is 0. The van der Waals surface area contributed by atoms with E-state index in [1.807, 2.05) is 0 Å². The predicted octanol–water partition coefficient (Wildman–Crippen LogP) is 6.83. The standard InChI is InChI=1S/C24H29NO/c1-17-13-22-19(18-9-5-6-10-21(18)26-22)14-20(17)25-16-23(2,3)15-24(25)11-7-4-8-12-24/h5-6,9-10,13-14H,4,7-8,11-12,15-16H2,1-3H3. The van der Waals surface area contributed by atoms with E-state index in [9.17, 15) is 0 Å². The Morgan fingerprint density at radius 2 is 1.69 bits per heavy atom. The van der Waals surface area contributed by atoms with Crippen LogP contribution in [0.2, 0.25) is 0 Å². The largest absolute Gasteiger partial charge is 0.456 e. The fourth-order valence-corrected chi connectivity index (χ4v) is 5.79. The van der Waals surface area contributed by atoms with Gasteiger partial charge in [-0.25, -0.2) is 0 Å². The van der Waals surface area contributed by atoms with Crippen molar-refractivity contribution in [2.75, 3.05) is 11.4 Å². The molecule has 2 aromatic carbocycles. The minimum Gasteiger partial charge on any atom is -0.456 e. The normalized spacial score (nSPS) is 21.9. The summed E-state index contributed by atoms with van der Waals surface area (Å²) in [6, 6.07) is 13.1. The van der Waals surface area contributed by atoms with Crippen molar-refractivity contribution in [3.05, 3.63) is 42.0 Å². The Kier molecular flexibility index (Phi) is 3.44. The van der Waals surface area contributed by atoms with E-state index >= 15 is 0 Å². The van der Waals surface area contributed by atoms with Crippen LogP contribution in [0.4, 0.5) is 5.69 Å². The van der Waals surface area contributed by atoms with E-state index in [2.05, 4.69) is 62.1 Å². The summed E-state index contributed by atoms with van der Waals surface area (Å²) in [5, 5.41) is 2.50. The average molecular weight is 348 g/mol. The minimum absolute atomic E-state index is 0.361. The van der Waals surface area contributed by atoms with Gasteiger partial charge in [0, 0.05) is 28.5 Å². The maximum Gasteiger partial charge on any atom is 0.135 e. The molecule has 0 N–H and O–H groups in total. The zero-order chi connectivity index (χ0) is 17.9. The van der Waals surface area contributed by atoms with Crippen molar-refractivity contribution in [3.63, 3.8) is 0 Å². The van der Waals surface area contributed by atoms with Crippen LogP contribution >= 0.6 is 0 Å². The molecule has 2 nitrogen and oxygen atoms in total. The van der Waals surface area contributed by atoms with Gasteiger partial charge in [0.1, 0.15) is 11.2 Å². The van der Waals surface area contributed by atoms with Gasteiger partial charge in [0.2, 0.25) is 0 Å². The van der Waals surface area contributed by atoms with E-state index in [-0.39, 0.29) is 0 Å². The first-order valence-corrected chi connectivity index (χ1v) is 10.2. The van der Waals surface area contributed by atoms with Crippen LogP contribution < -0.4 is 4.90 Å². The first kappa shape index (κ1) is 16.2. The molecule has 0 unspecified atom stereocenters. The summed E-state index contributed by atoms with van der Waals surface area (Å²) in [5.74, 6) is 0. The van der Waals surface area contributed by atoms with Crippen molar-refractivity contribution in [2.45, 2.75) is 64.8 Å². The highest BCUT2D eigenvalue weighted by Crippen LogP contribution is 2.51. The van der Waals surface area contributed by atoms with Crippen LogP contribution in [0.1, 0.15) is 57.9 Å². The van der Waals surface area contributed by atoms with Gasteiger partial charge in [-0.3, -0.25) is 0 Å². The summed E-state index contributed by atoms with van der Waals surface area (Å²) in [6.07, 6.45) is 8.18. The van der Waals surface area contributed by atoms with E-state index in [0.29, 0.717) is 11.0 Å². The van der Waals surface area contributed by atoms with E-state index < -0.39 is 0 Å². The lowest BCUT2D eigenvalue weighted by atomic mass is 9.75. The second kappa shape index (κ2) is 5.52. The molecule has 2 heteroatoms. The molecule has 2 aliphatic rings. The monoisotopic (exact) mass is 347 g/mol. The van der Waals surface area contributed by atoms with Gasteiger partial charge in [0.05, 0.1) is 0 Å². The number of para-hydroxylation sites is 1. The molecule has 0 radical (unpaired) electrons. The van der Waals surface area contributed by atoms with Gasteiger partial charge in [-0.2, -0.15) is 0 Å². The molecule has 26 heavy (non-hydrogen) atoms. The Hall–Kier alpha value is -1.96. The van der Waals surface area contributed by atoms with Crippen molar-refractivity contribution < 1.29 is 4.42 Å². The first-order valence-electron chi connectivity index (χ1n) is 10.2. The summed E-state index contributed by atoms with van der Waals surface area (Å²) in [7, 11) is 0. The van der Waals surface area contributed by atoms with Gasteiger partial charge in [-0.1, -0.05) is 51.3 Å². The van der Waals surface area contributed by atoms with Crippen molar-refractivity contribution in [3.8, 4) is 0 Å². The Morgan fingerprint density at radius 3 is 2.50 bits per heavy atom. The quantitative estimate of drug-likeness (QED) is 0.479. The van der Waals surface area contributed by atoms with Gasteiger partial charge >= 0.3 is 0 Å². The lowest BCUT2D eigenvalue weighted by Crippen LogP contribution is -2.45. The van der Waals surface area contributed by atoms with Crippen LogP contribution in [-0.2, 0) is 0 Å². The van der Waals surface area contributed by atoms with Gasteiger partial charge < -0.3 is 9.32 Å². The zero-order valence-corrected chi connectivity index (χ0v) is 16.3. The number of rotatable bonds is 1. The highest BCUT2D eigenvalue weighted by molar-refractivity contribution is 6.06. The Labute approximate surface area is 156 Å². The summed E-state index contributed by atoms with van der Waals surface area (Å²) < 4.78 is 6.11. The van der Waals surface area contributed by atoms with E-state index in [0.717, 1.165) is 17.7 Å². The molecule has 0 bridgehead atoms. The fourth-order valence-electron chi connectivity index (χ4n) is 5.79. The summed E-state index contributed by atoms with van der Waals surface area (Å²) in [4.78, 5) is 2.78. The third-order valence-electron chi connectivity index (χ3n) is 6.74. The molecule has 2 heterocycles. The number of anilines is 1. The Balaban J connectivity index is 1.69. The molecular formula is C24H29NO. The molecule has 1 aliphatic carbocycles. The topological polar surface area (TPSA) is 16.4 Å². The number of hydrogen-bond acceptors (Lipinski definition) is 2. The second-order valence-electron chi connectivity index (χ2n) is 9.45. The average Bonchev–Trinajstić information content (AvgIpc) is 3.08. The van der Waals surface area contributed by atoms with Crippen molar-refractivity contribution in [2.24, 2.45) is 5.41 Å². The van der Waals surface area contributed by atoms with Crippen molar-refractivity contribution in [1.29, 1.82) is 0 Å². The summed E-state index contributed by atoms with van der Waals surface area (Å²) in [5.41, 5.74) is 5.53. The molecule has 1 aliphatic heterocycles. The highest BCUT2D eigenvalue weighted by atomic mass is 16.3. The Morgan fingerprint density at radius 1 is 0.923 bits per heavy atom. The van der Waals surface area contributed by atoms with Crippen LogP contribution in [-0.4, -0.2) is 12.1 Å². The highest BCUT2D eigenvalue weighted by Gasteiger charge is 2.49. The predicted molar refractivity (Wildman–Crippen MR) is 110 cm³/mol. The maximum atomic E-state index is 6.11. The number of furan rings is 1. The van der Waals surface area contributed by atoms with Crippen LogP contribution in [0.15, 0.2) is 40.8 Å². The van der Waals surface area contributed by atoms with Gasteiger partial charge in [0.15, 0.2) is 0 Å². The van der Waals surface area contributed by atoms with Gasteiger partial charge in [-0.05, 0) is 55.4 Å². The molecule has 0 atom stereocenters. The third-order valence-corrected chi connectivity index (χ3v) is 6.74. The molecule has 136 valence electrons. The van der Waals surface area contributed by atoms with E-state index in [1.54, 1.807) is 0 Å². The van der Waals surface area contributed by atoms with Gasteiger partial charge in [0.25, 0.3) is 0 Å². The molecule has 2 fully saturated rings. The van der Waals surface area contributed by atoms with Crippen LogP contribution in [0, 0.1) is 12.3 Å². The molecule has 0 amide bonds. The number of benzene rings is 2. The van der Waals surface area contributed by atoms with Crippen LogP contribution in [0.5, 0.6) is 0 Å². The second-order valence-corrected chi connectivity index (χ2v) is 9.45. The number of aryl methyl sites for hydroxylation is 1. The molecular weight excluding hydrogens is 318 g/mol. The smallest absolute Gasteiger partial charge is 0.135 e. The molecule has 3 aromatic rings. The Bertz CT molecular complexity index is 974. The number of nitrogens with zero attached hydrogens (tertiary/aromatic N) is 1. The molecule has 1 saturated heterocycles. The summed E-state index contributed by atoms with van der Waals surface area (Å²) in [6.45, 7) is 8.31. The maximum absolute atomic E-state index is 6.11. The SMILES string of the molecule is Cc1cc2oc3ccccc3c2cc1N1CC(C)(C)CC12CCCCC2. The summed E-state index contributed by atoms with van der Waals surface area (Å²) >= 11 is 0. The fraction of sp³-hybridized carbons (Fsp3) is 0.500. The molecule has 1 saturated carbocycles. The molecule has 5 rings (SSSR count). The van der Waals surface area contributed by atoms with E-state index in [1.165, 1.54) is 60.5 Å². The zero-order valence-electron chi connectivity index (χ0n) is 16.3. The third kappa shape index (κ3) is 2.38. The van der Waals surface area contributed by atoms with Crippen molar-refractivity contribution >= 4 is 27.6 Å². The van der Waals surface area contributed by atoms with Crippen LogP contribution in [0.3, 0.4) is 0 Å². The van der Waals surface area contributed by atoms with Gasteiger partial charge in [-0.15, -0.1) is 0 Å². The number of fused-ring (bicyclic) bond motifs is 3. The molecule has 1 aromatic heterocycles. The minimum atomic E-state index is 0.361. The lowest BCUT2D eigenvalue weighted by molar-refractivity contribution is 0.263. The van der Waals surface area contributed by atoms with E-state index in [4.69, 9.17) is 4.42 Å². The first-order chi connectivity index (χ1) is 12.5.